The van der Waals surface area contributed by atoms with Gasteiger partial charge in [-0.25, -0.2) is 9.78 Å². The molecule has 7 heteroatoms. The van der Waals surface area contributed by atoms with Crippen molar-refractivity contribution in [1.29, 1.82) is 0 Å². The van der Waals surface area contributed by atoms with E-state index in [1.165, 1.54) is 4.88 Å². The molecule has 1 aliphatic carbocycles. The molecule has 1 unspecified atom stereocenters. The van der Waals surface area contributed by atoms with Crippen molar-refractivity contribution in [2.75, 3.05) is 17.7 Å². The van der Waals surface area contributed by atoms with Crippen molar-refractivity contribution in [1.82, 2.24) is 4.98 Å². The molecule has 2 aromatic rings. The first-order valence-electron chi connectivity index (χ1n) is 10.4. The number of hydrogen-bond donors (Lipinski definition) is 1. The summed E-state index contributed by atoms with van der Waals surface area (Å²) in [6.45, 7) is 8.93. The van der Waals surface area contributed by atoms with Crippen molar-refractivity contribution in [2.24, 2.45) is 11.3 Å². The lowest BCUT2D eigenvalue weighted by molar-refractivity contribution is -0.115. The molecule has 0 spiro atoms. The molecule has 0 fully saturated rings. The third-order valence-corrected chi connectivity index (χ3v) is 7.55. The van der Waals surface area contributed by atoms with Gasteiger partial charge in [0.1, 0.15) is 5.00 Å². The van der Waals surface area contributed by atoms with Gasteiger partial charge in [0.2, 0.25) is 5.91 Å². The lowest BCUT2D eigenvalue weighted by atomic mass is 9.72. The van der Waals surface area contributed by atoms with Gasteiger partial charge in [0.05, 0.1) is 17.2 Å². The van der Waals surface area contributed by atoms with Gasteiger partial charge >= 0.3 is 5.97 Å². The molecule has 0 radical (unpaired) electrons. The average molecular weight is 447 g/mol. The van der Waals surface area contributed by atoms with Crippen LogP contribution in [-0.4, -0.2) is 29.2 Å². The number of pyridine rings is 1. The van der Waals surface area contributed by atoms with Gasteiger partial charge in [-0.15, -0.1) is 23.1 Å². The van der Waals surface area contributed by atoms with E-state index in [9.17, 15) is 9.59 Å². The number of amides is 1. The molecule has 1 amide bonds. The van der Waals surface area contributed by atoms with Crippen LogP contribution in [0.4, 0.5) is 5.00 Å². The molecule has 1 atom stereocenters. The second kappa shape index (κ2) is 9.96. The fourth-order valence-corrected chi connectivity index (χ4v) is 5.84. The summed E-state index contributed by atoms with van der Waals surface area (Å²) in [4.78, 5) is 30.7. The second-order valence-electron chi connectivity index (χ2n) is 8.55. The molecule has 2 aromatic heterocycles. The number of esters is 1. The van der Waals surface area contributed by atoms with Gasteiger partial charge in [-0.05, 0) is 55.2 Å². The molecule has 0 bridgehead atoms. The normalized spacial score (nSPS) is 16.1. The minimum absolute atomic E-state index is 0.0880. The number of nitrogens with zero attached hydrogens (tertiary/aromatic N) is 1. The predicted molar refractivity (Wildman–Crippen MR) is 123 cm³/mol. The number of thioether (sulfide) groups is 1. The van der Waals surface area contributed by atoms with E-state index in [0.717, 1.165) is 29.9 Å². The summed E-state index contributed by atoms with van der Waals surface area (Å²) in [5.74, 6) is 0.781. The molecule has 0 aromatic carbocycles. The maximum absolute atomic E-state index is 12.7. The van der Waals surface area contributed by atoms with Crippen LogP contribution >= 0.6 is 23.1 Å². The number of rotatable bonds is 7. The molecule has 0 saturated carbocycles. The number of carbonyl (C=O) groups is 2. The van der Waals surface area contributed by atoms with Crippen molar-refractivity contribution in [3.8, 4) is 0 Å². The van der Waals surface area contributed by atoms with Crippen molar-refractivity contribution in [3.63, 3.8) is 0 Å². The number of carbonyl (C=O) groups excluding carboxylic acids is 2. The van der Waals surface area contributed by atoms with Crippen molar-refractivity contribution in [2.45, 2.75) is 58.4 Å². The summed E-state index contributed by atoms with van der Waals surface area (Å²) in [5, 5.41) is 4.53. The van der Waals surface area contributed by atoms with Gasteiger partial charge in [0, 0.05) is 23.2 Å². The van der Waals surface area contributed by atoms with Crippen LogP contribution in [0.1, 0.15) is 61.3 Å². The highest BCUT2D eigenvalue weighted by molar-refractivity contribution is 7.99. The maximum atomic E-state index is 12.7. The first kappa shape index (κ1) is 22.8. The topological polar surface area (TPSA) is 68.3 Å². The zero-order valence-electron chi connectivity index (χ0n) is 18.1. The second-order valence-corrected chi connectivity index (χ2v) is 10.8. The van der Waals surface area contributed by atoms with Crippen LogP contribution in [0.5, 0.6) is 0 Å². The van der Waals surface area contributed by atoms with Crippen LogP contribution in [0.3, 0.4) is 0 Å². The highest BCUT2D eigenvalue weighted by Crippen LogP contribution is 2.44. The summed E-state index contributed by atoms with van der Waals surface area (Å²) in [6, 6.07) is 5.74. The van der Waals surface area contributed by atoms with E-state index >= 15 is 0 Å². The molecule has 1 aliphatic rings. The number of fused-ring (bicyclic) bond motifs is 1. The molecular formula is C23H30N2O3S2. The Morgan fingerprint density at radius 1 is 1.33 bits per heavy atom. The SMILES string of the molecule is CCOC(=O)c1c(NC(=O)CCSc2ccccn2)sc2c1CCC(C(C)(C)C)C2. The summed E-state index contributed by atoms with van der Waals surface area (Å²) in [6.07, 6.45) is 4.95. The molecule has 162 valence electrons. The number of nitrogens with one attached hydrogen (secondary N) is 1. The molecule has 3 rings (SSSR count). The fraction of sp³-hybridized carbons (Fsp3) is 0.522. The van der Waals surface area contributed by atoms with Gasteiger partial charge in [-0.1, -0.05) is 26.8 Å². The molecule has 0 saturated heterocycles. The van der Waals surface area contributed by atoms with E-state index < -0.39 is 0 Å². The monoisotopic (exact) mass is 446 g/mol. The third-order valence-electron chi connectivity index (χ3n) is 5.44. The molecule has 5 nitrogen and oxygen atoms in total. The van der Waals surface area contributed by atoms with Crippen LogP contribution in [0.2, 0.25) is 0 Å². The van der Waals surface area contributed by atoms with Crippen LogP contribution in [0, 0.1) is 11.3 Å². The van der Waals surface area contributed by atoms with Crippen LogP contribution in [0.25, 0.3) is 0 Å². The Bertz CT molecular complexity index is 888. The van der Waals surface area contributed by atoms with Crippen LogP contribution < -0.4 is 5.32 Å². The third kappa shape index (κ3) is 5.64. The number of thiophene rings is 1. The Balaban J connectivity index is 1.72. The largest absolute Gasteiger partial charge is 0.462 e. The molecule has 1 N–H and O–H groups in total. The van der Waals surface area contributed by atoms with Crippen molar-refractivity contribution in [3.05, 3.63) is 40.4 Å². The minimum atomic E-state index is -0.331. The molecule has 0 aliphatic heterocycles. The summed E-state index contributed by atoms with van der Waals surface area (Å²) in [7, 11) is 0. The molecular weight excluding hydrogens is 416 g/mol. The van der Waals surface area contributed by atoms with E-state index in [-0.39, 0.29) is 17.3 Å². The zero-order chi connectivity index (χ0) is 21.7. The van der Waals surface area contributed by atoms with Gasteiger partial charge in [0.15, 0.2) is 0 Å². The Hall–Kier alpha value is -1.86. The fourth-order valence-electron chi connectivity index (χ4n) is 3.70. The Kier molecular flexibility index (Phi) is 7.58. The predicted octanol–water partition coefficient (Wildman–Crippen LogP) is 5.59. The zero-order valence-corrected chi connectivity index (χ0v) is 19.8. The van der Waals surface area contributed by atoms with Gasteiger partial charge in [-0.3, -0.25) is 4.79 Å². The van der Waals surface area contributed by atoms with E-state index in [1.807, 2.05) is 18.2 Å². The number of aromatic nitrogens is 1. The van der Waals surface area contributed by atoms with Crippen LogP contribution in [0.15, 0.2) is 29.4 Å². The van der Waals surface area contributed by atoms with Crippen molar-refractivity contribution >= 4 is 40.0 Å². The molecule has 30 heavy (non-hydrogen) atoms. The quantitative estimate of drug-likeness (QED) is 0.443. The number of anilines is 1. The number of hydrogen-bond acceptors (Lipinski definition) is 6. The highest BCUT2D eigenvalue weighted by Gasteiger charge is 2.34. The summed E-state index contributed by atoms with van der Waals surface area (Å²) >= 11 is 3.09. The Morgan fingerprint density at radius 3 is 2.80 bits per heavy atom. The summed E-state index contributed by atoms with van der Waals surface area (Å²) in [5.41, 5.74) is 1.85. The highest BCUT2D eigenvalue weighted by atomic mass is 32.2. The lowest BCUT2D eigenvalue weighted by Crippen LogP contribution is -2.26. The molecule has 2 heterocycles. The van der Waals surface area contributed by atoms with E-state index in [1.54, 1.807) is 36.2 Å². The van der Waals surface area contributed by atoms with Gasteiger partial charge in [0.25, 0.3) is 0 Å². The maximum Gasteiger partial charge on any atom is 0.341 e. The van der Waals surface area contributed by atoms with E-state index in [2.05, 4.69) is 31.1 Å². The van der Waals surface area contributed by atoms with Crippen molar-refractivity contribution < 1.29 is 14.3 Å². The first-order chi connectivity index (χ1) is 14.3. The first-order valence-corrected chi connectivity index (χ1v) is 12.2. The number of ether oxygens (including phenoxy) is 1. The van der Waals surface area contributed by atoms with E-state index in [4.69, 9.17) is 4.74 Å². The van der Waals surface area contributed by atoms with Gasteiger partial charge < -0.3 is 10.1 Å². The van der Waals surface area contributed by atoms with Crippen LogP contribution in [-0.2, 0) is 22.4 Å². The Labute approximate surface area is 187 Å². The standard InChI is InChI=1S/C23H30N2O3S2/c1-5-28-22(27)20-16-10-9-15(23(2,3)4)14-17(16)30-21(20)25-18(26)11-13-29-19-8-6-7-12-24-19/h6-8,12,15H,5,9-11,13-14H2,1-4H3,(H,25,26). The van der Waals surface area contributed by atoms with Gasteiger partial charge in [-0.2, -0.15) is 0 Å². The average Bonchev–Trinajstić information content (AvgIpc) is 3.05. The lowest BCUT2D eigenvalue weighted by Gasteiger charge is -2.33. The van der Waals surface area contributed by atoms with E-state index in [0.29, 0.717) is 35.3 Å². The Morgan fingerprint density at radius 2 is 2.13 bits per heavy atom. The smallest absolute Gasteiger partial charge is 0.341 e. The minimum Gasteiger partial charge on any atom is -0.462 e. The summed E-state index contributed by atoms with van der Waals surface area (Å²) < 4.78 is 5.31.